The van der Waals surface area contributed by atoms with Crippen molar-refractivity contribution in [1.29, 1.82) is 0 Å². The highest BCUT2D eigenvalue weighted by molar-refractivity contribution is 9.10. The van der Waals surface area contributed by atoms with Crippen LogP contribution < -0.4 is 10.1 Å². The molecule has 2 aromatic rings. The summed E-state index contributed by atoms with van der Waals surface area (Å²) in [7, 11) is 0. The van der Waals surface area contributed by atoms with Crippen molar-refractivity contribution in [2.24, 2.45) is 0 Å². The molecule has 0 aromatic heterocycles. The normalized spacial score (nSPS) is 10.5. The number of amides is 1. The first kappa shape index (κ1) is 18.4. The van der Waals surface area contributed by atoms with E-state index in [2.05, 4.69) is 21.2 Å². The number of ether oxygens (including phenoxy) is 1. The molecule has 0 heterocycles. The average molecular weight is 438 g/mol. The largest absolute Gasteiger partial charge is 0.493 e. The Morgan fingerprint density at radius 3 is 2.52 bits per heavy atom. The molecule has 0 spiro atoms. The Labute approximate surface area is 158 Å². The van der Waals surface area contributed by atoms with Crippen molar-refractivity contribution >= 4 is 62.3 Å². The number of hydrogen-bond donors (Lipinski definition) is 1. The van der Waals surface area contributed by atoms with Crippen LogP contribution in [0, 0.1) is 0 Å². The number of hydrogen-bond acceptors (Lipinski definition) is 2. The molecule has 7 heteroatoms. The lowest BCUT2D eigenvalue weighted by atomic mass is 10.2. The number of halogens is 4. The minimum Gasteiger partial charge on any atom is -0.493 e. The fourth-order valence-corrected chi connectivity index (χ4v) is 2.78. The summed E-state index contributed by atoms with van der Waals surface area (Å²) in [5.74, 6) is 0.154. The lowest BCUT2D eigenvalue weighted by Crippen LogP contribution is -2.14. The van der Waals surface area contributed by atoms with E-state index >= 15 is 0 Å². The molecule has 1 amide bonds. The molecule has 2 aromatic carbocycles. The van der Waals surface area contributed by atoms with Crippen LogP contribution >= 0.6 is 50.7 Å². The molecule has 0 aliphatic heterocycles. The van der Waals surface area contributed by atoms with Crippen LogP contribution in [0.25, 0.3) is 0 Å². The molecule has 0 aliphatic rings. The third-order valence-electron chi connectivity index (χ3n) is 2.91. The molecule has 0 saturated heterocycles. The fraction of sp³-hybridized carbons (Fsp3) is 0.188. The van der Waals surface area contributed by atoms with Gasteiger partial charge in [0.05, 0.1) is 32.9 Å². The van der Waals surface area contributed by atoms with Gasteiger partial charge in [-0.05, 0) is 36.8 Å². The Kier molecular flexibility index (Phi) is 6.60. The summed E-state index contributed by atoms with van der Waals surface area (Å²) in [6, 6.07) is 8.23. The van der Waals surface area contributed by atoms with Crippen molar-refractivity contribution in [3.63, 3.8) is 0 Å². The number of rotatable bonds is 5. The molecule has 2 rings (SSSR count). The first-order valence-corrected chi connectivity index (χ1v) is 8.73. The van der Waals surface area contributed by atoms with Gasteiger partial charge in [0.1, 0.15) is 5.75 Å². The van der Waals surface area contributed by atoms with E-state index in [4.69, 9.17) is 39.5 Å². The highest BCUT2D eigenvalue weighted by Crippen LogP contribution is 2.33. The molecule has 0 bridgehead atoms. The van der Waals surface area contributed by atoms with Gasteiger partial charge < -0.3 is 10.1 Å². The Morgan fingerprint density at radius 1 is 1.13 bits per heavy atom. The van der Waals surface area contributed by atoms with Crippen LogP contribution in [0.1, 0.15) is 23.7 Å². The SMILES string of the molecule is CCCOc1ccc(Br)cc1C(=O)Nc1cc(Cl)c(Cl)cc1Cl. The minimum atomic E-state index is -0.349. The van der Waals surface area contributed by atoms with Crippen LogP contribution in [0.4, 0.5) is 5.69 Å². The highest BCUT2D eigenvalue weighted by Gasteiger charge is 2.16. The second-order valence-corrected chi connectivity index (χ2v) is 6.83. The van der Waals surface area contributed by atoms with Crippen LogP contribution in [0.5, 0.6) is 5.75 Å². The van der Waals surface area contributed by atoms with Gasteiger partial charge in [-0.1, -0.05) is 57.7 Å². The minimum absolute atomic E-state index is 0.304. The van der Waals surface area contributed by atoms with Gasteiger partial charge in [0.2, 0.25) is 0 Å². The van der Waals surface area contributed by atoms with Gasteiger partial charge in [-0.2, -0.15) is 0 Å². The third-order valence-corrected chi connectivity index (χ3v) is 4.43. The monoisotopic (exact) mass is 435 g/mol. The lowest BCUT2D eigenvalue weighted by Gasteiger charge is -2.13. The van der Waals surface area contributed by atoms with E-state index in [9.17, 15) is 4.79 Å². The van der Waals surface area contributed by atoms with E-state index in [1.165, 1.54) is 12.1 Å². The van der Waals surface area contributed by atoms with Crippen LogP contribution in [-0.2, 0) is 0 Å². The van der Waals surface area contributed by atoms with E-state index in [1.54, 1.807) is 12.1 Å². The number of anilines is 1. The second kappa shape index (κ2) is 8.25. The molecular formula is C16H13BrCl3NO2. The molecule has 0 saturated carbocycles. The van der Waals surface area contributed by atoms with Gasteiger partial charge in [-0.3, -0.25) is 4.79 Å². The van der Waals surface area contributed by atoms with E-state index in [1.807, 2.05) is 13.0 Å². The van der Waals surface area contributed by atoms with Gasteiger partial charge in [0.25, 0.3) is 5.91 Å². The molecule has 3 nitrogen and oxygen atoms in total. The van der Waals surface area contributed by atoms with Gasteiger partial charge in [-0.15, -0.1) is 0 Å². The molecule has 0 radical (unpaired) electrons. The van der Waals surface area contributed by atoms with Gasteiger partial charge in [0, 0.05) is 4.47 Å². The third kappa shape index (κ3) is 4.77. The van der Waals surface area contributed by atoms with Crippen molar-refractivity contribution in [1.82, 2.24) is 0 Å². The molecule has 1 N–H and O–H groups in total. The Balaban J connectivity index is 2.30. The summed E-state index contributed by atoms with van der Waals surface area (Å²) >= 11 is 21.3. The summed E-state index contributed by atoms with van der Waals surface area (Å²) in [6.07, 6.45) is 0.843. The van der Waals surface area contributed by atoms with Crippen molar-refractivity contribution in [3.05, 3.63) is 55.4 Å². The van der Waals surface area contributed by atoms with Gasteiger partial charge in [0.15, 0.2) is 0 Å². The Morgan fingerprint density at radius 2 is 1.83 bits per heavy atom. The van der Waals surface area contributed by atoms with Crippen molar-refractivity contribution in [3.8, 4) is 5.75 Å². The van der Waals surface area contributed by atoms with Crippen LogP contribution in [0.15, 0.2) is 34.8 Å². The van der Waals surface area contributed by atoms with Crippen LogP contribution in [0.3, 0.4) is 0 Å². The first-order valence-electron chi connectivity index (χ1n) is 6.80. The number of nitrogens with one attached hydrogen (secondary N) is 1. The molecule has 23 heavy (non-hydrogen) atoms. The Hall–Kier alpha value is -0.940. The van der Waals surface area contributed by atoms with E-state index in [0.29, 0.717) is 38.7 Å². The summed E-state index contributed by atoms with van der Waals surface area (Å²) in [5, 5.41) is 3.66. The maximum Gasteiger partial charge on any atom is 0.259 e. The summed E-state index contributed by atoms with van der Waals surface area (Å²) < 4.78 is 6.38. The predicted octanol–water partition coefficient (Wildman–Crippen LogP) is 6.45. The predicted molar refractivity (Wildman–Crippen MR) is 99.4 cm³/mol. The summed E-state index contributed by atoms with van der Waals surface area (Å²) in [6.45, 7) is 2.52. The summed E-state index contributed by atoms with van der Waals surface area (Å²) in [5.41, 5.74) is 0.780. The van der Waals surface area contributed by atoms with Gasteiger partial charge >= 0.3 is 0 Å². The van der Waals surface area contributed by atoms with E-state index < -0.39 is 0 Å². The van der Waals surface area contributed by atoms with Gasteiger partial charge in [-0.25, -0.2) is 0 Å². The number of carbonyl (C=O) groups is 1. The average Bonchev–Trinajstić information content (AvgIpc) is 2.51. The quantitative estimate of drug-likeness (QED) is 0.546. The zero-order valence-electron chi connectivity index (χ0n) is 12.1. The van der Waals surface area contributed by atoms with E-state index in [0.717, 1.165) is 10.9 Å². The highest BCUT2D eigenvalue weighted by atomic mass is 79.9. The zero-order valence-corrected chi connectivity index (χ0v) is 16.0. The van der Waals surface area contributed by atoms with E-state index in [-0.39, 0.29) is 5.91 Å². The van der Waals surface area contributed by atoms with Crippen molar-refractivity contribution in [2.45, 2.75) is 13.3 Å². The molecule has 0 fully saturated rings. The van der Waals surface area contributed by atoms with Crippen molar-refractivity contribution in [2.75, 3.05) is 11.9 Å². The standard InChI is InChI=1S/C16H13BrCl3NO2/c1-2-5-23-15-4-3-9(17)6-10(15)16(22)21-14-8-12(19)11(18)7-13(14)20/h3-4,6-8H,2,5H2,1H3,(H,21,22). The maximum atomic E-state index is 12.6. The van der Waals surface area contributed by atoms with Crippen molar-refractivity contribution < 1.29 is 9.53 Å². The first-order chi connectivity index (χ1) is 10.9. The molecule has 0 atom stereocenters. The molecule has 122 valence electrons. The second-order valence-electron chi connectivity index (χ2n) is 4.69. The number of benzene rings is 2. The molecule has 0 unspecified atom stereocenters. The van der Waals surface area contributed by atoms with Crippen LogP contribution in [0.2, 0.25) is 15.1 Å². The smallest absolute Gasteiger partial charge is 0.259 e. The Bertz CT molecular complexity index is 738. The fourth-order valence-electron chi connectivity index (χ4n) is 1.83. The van der Waals surface area contributed by atoms with Crippen LogP contribution in [-0.4, -0.2) is 12.5 Å². The lowest BCUT2D eigenvalue weighted by molar-refractivity contribution is 0.102. The topological polar surface area (TPSA) is 38.3 Å². The summed E-state index contributed by atoms with van der Waals surface area (Å²) in [4.78, 5) is 12.6. The molecule has 0 aliphatic carbocycles. The molecular weight excluding hydrogens is 424 g/mol. The number of carbonyl (C=O) groups excluding carboxylic acids is 1. The zero-order chi connectivity index (χ0) is 17.0. The maximum absolute atomic E-state index is 12.6.